The number of quaternary nitrogens is 1. The summed E-state index contributed by atoms with van der Waals surface area (Å²) in [6, 6.07) is 14.9. The third-order valence-electron chi connectivity index (χ3n) is 5.50. The summed E-state index contributed by atoms with van der Waals surface area (Å²) in [5.74, 6) is 0. The summed E-state index contributed by atoms with van der Waals surface area (Å²) in [7, 11) is 0. The lowest BCUT2D eigenvalue weighted by molar-refractivity contribution is -0.899. The number of hydrogen-bond acceptors (Lipinski definition) is 3. The van der Waals surface area contributed by atoms with Crippen LogP contribution in [0.4, 0.5) is 5.69 Å². The highest BCUT2D eigenvalue weighted by Crippen LogP contribution is 2.36. The first kappa shape index (κ1) is 20.0. The Labute approximate surface area is 165 Å². The number of non-ortho nitro benzene ring substituents is 1. The van der Waals surface area contributed by atoms with E-state index in [1.807, 2.05) is 37.3 Å². The molecule has 2 aromatic carbocycles. The van der Waals surface area contributed by atoms with Crippen LogP contribution in [0, 0.1) is 17.0 Å². The Kier molecular flexibility index (Phi) is 6.11. The van der Waals surface area contributed by atoms with Gasteiger partial charge in [0.25, 0.3) is 5.69 Å². The van der Waals surface area contributed by atoms with E-state index in [1.54, 1.807) is 12.1 Å². The van der Waals surface area contributed by atoms with Gasteiger partial charge < -0.3 is 14.6 Å². The van der Waals surface area contributed by atoms with Crippen LogP contribution in [0.5, 0.6) is 0 Å². The fraction of sp³-hybridized carbons (Fsp3) is 0.364. The summed E-state index contributed by atoms with van der Waals surface area (Å²) in [5, 5.41) is 22.8. The number of nitro benzene ring substituents is 1. The van der Waals surface area contributed by atoms with Gasteiger partial charge in [-0.3, -0.25) is 10.1 Å². The average molecular weight is 382 g/mol. The molecule has 1 heterocycles. The minimum atomic E-state index is -0.483. The van der Waals surface area contributed by atoms with Gasteiger partial charge in [0.15, 0.2) is 0 Å². The van der Waals surface area contributed by atoms with E-state index in [0.717, 1.165) is 40.8 Å². The van der Waals surface area contributed by atoms with E-state index in [0.29, 0.717) is 13.1 Å². The molecule has 2 N–H and O–H groups in total. The van der Waals surface area contributed by atoms with Crippen molar-refractivity contribution in [3.63, 3.8) is 0 Å². The Bertz CT molecular complexity index is 962. The van der Waals surface area contributed by atoms with Gasteiger partial charge in [-0.25, -0.2) is 0 Å². The summed E-state index contributed by atoms with van der Waals surface area (Å²) >= 11 is 0. The van der Waals surface area contributed by atoms with Crippen LogP contribution in [-0.4, -0.2) is 40.3 Å². The molecule has 0 saturated heterocycles. The molecule has 3 rings (SSSR count). The molecule has 0 saturated carbocycles. The molecule has 1 aromatic heterocycles. The minimum absolute atomic E-state index is 0.0787. The quantitative estimate of drug-likeness (QED) is 0.465. The zero-order valence-corrected chi connectivity index (χ0v) is 16.7. The van der Waals surface area contributed by atoms with E-state index in [4.69, 9.17) is 0 Å². The lowest BCUT2D eigenvalue weighted by atomic mass is 10.0. The molecule has 6 nitrogen and oxygen atoms in total. The van der Waals surface area contributed by atoms with Gasteiger partial charge in [-0.05, 0) is 32.4 Å². The maximum absolute atomic E-state index is 11.3. The SMILES string of the molecule is CC[NH+](CC)C[C@@H](O)Cn1c(C)c(-c2ccccc2)c2cc([N+](=O)[O-])ccc21. The van der Waals surface area contributed by atoms with Crippen molar-refractivity contribution in [1.82, 2.24) is 4.57 Å². The second-order valence-electron chi connectivity index (χ2n) is 7.21. The predicted octanol–water partition coefficient (Wildman–Crippen LogP) is 2.81. The number of likely N-dealkylation sites (N-methyl/N-ethyl adjacent to an activating group) is 1. The highest BCUT2D eigenvalue weighted by molar-refractivity contribution is 5.99. The zero-order valence-electron chi connectivity index (χ0n) is 16.7. The van der Waals surface area contributed by atoms with Crippen molar-refractivity contribution < 1.29 is 14.9 Å². The molecule has 0 aliphatic rings. The average Bonchev–Trinajstić information content (AvgIpc) is 2.97. The largest absolute Gasteiger partial charge is 0.385 e. The Balaban J connectivity index is 2.10. The Morgan fingerprint density at radius 3 is 2.43 bits per heavy atom. The topological polar surface area (TPSA) is 72.7 Å². The monoisotopic (exact) mass is 382 g/mol. The molecular weight excluding hydrogens is 354 g/mol. The number of rotatable bonds is 8. The summed E-state index contributed by atoms with van der Waals surface area (Å²) in [4.78, 5) is 12.3. The van der Waals surface area contributed by atoms with Gasteiger partial charge in [0, 0.05) is 34.3 Å². The van der Waals surface area contributed by atoms with Gasteiger partial charge in [0.2, 0.25) is 0 Å². The molecule has 0 amide bonds. The summed E-state index contributed by atoms with van der Waals surface area (Å²) in [6.07, 6.45) is -0.483. The number of aliphatic hydroxyl groups is 1. The van der Waals surface area contributed by atoms with E-state index in [9.17, 15) is 15.2 Å². The van der Waals surface area contributed by atoms with Crippen LogP contribution in [0.1, 0.15) is 19.5 Å². The molecule has 148 valence electrons. The maximum Gasteiger partial charge on any atom is 0.270 e. The van der Waals surface area contributed by atoms with Crippen LogP contribution in [0.3, 0.4) is 0 Å². The first-order chi connectivity index (χ1) is 13.5. The Morgan fingerprint density at radius 2 is 1.82 bits per heavy atom. The molecule has 3 aromatic rings. The van der Waals surface area contributed by atoms with E-state index in [1.165, 1.54) is 11.0 Å². The molecule has 1 atom stereocenters. The van der Waals surface area contributed by atoms with Gasteiger partial charge in [0.05, 0.1) is 24.6 Å². The lowest BCUT2D eigenvalue weighted by Gasteiger charge is -2.20. The van der Waals surface area contributed by atoms with Crippen LogP contribution in [0.25, 0.3) is 22.0 Å². The fourth-order valence-electron chi connectivity index (χ4n) is 3.94. The first-order valence-corrected chi connectivity index (χ1v) is 9.80. The standard InChI is InChI=1S/C22H27N3O3/c1-4-23(5-2)14-19(26)15-24-16(3)22(17-9-7-6-8-10-17)20-13-18(25(27)28)11-12-21(20)24/h6-13,19,26H,4-5,14-15H2,1-3H3/p+1/t19-/m1/s1. The summed E-state index contributed by atoms with van der Waals surface area (Å²) < 4.78 is 2.09. The number of fused-ring (bicyclic) bond motifs is 1. The molecule has 0 aliphatic heterocycles. The lowest BCUT2D eigenvalue weighted by Crippen LogP contribution is -3.12. The number of aromatic nitrogens is 1. The Hall–Kier alpha value is -2.70. The highest BCUT2D eigenvalue weighted by Gasteiger charge is 2.21. The smallest absolute Gasteiger partial charge is 0.270 e. The van der Waals surface area contributed by atoms with Crippen LogP contribution < -0.4 is 4.90 Å². The van der Waals surface area contributed by atoms with Crippen LogP contribution in [-0.2, 0) is 6.54 Å². The van der Waals surface area contributed by atoms with E-state index < -0.39 is 6.10 Å². The summed E-state index contributed by atoms with van der Waals surface area (Å²) in [6.45, 7) is 9.35. The van der Waals surface area contributed by atoms with Gasteiger partial charge in [0.1, 0.15) is 12.6 Å². The predicted molar refractivity (Wildman–Crippen MR) is 112 cm³/mol. The molecule has 0 aliphatic carbocycles. The molecule has 28 heavy (non-hydrogen) atoms. The van der Waals surface area contributed by atoms with Crippen molar-refractivity contribution in [2.45, 2.75) is 33.4 Å². The minimum Gasteiger partial charge on any atom is -0.385 e. The number of nitro groups is 1. The number of benzene rings is 2. The molecule has 0 fully saturated rings. The van der Waals surface area contributed by atoms with Crippen molar-refractivity contribution in [1.29, 1.82) is 0 Å². The third-order valence-corrected chi connectivity index (χ3v) is 5.50. The second-order valence-corrected chi connectivity index (χ2v) is 7.21. The van der Waals surface area contributed by atoms with Crippen LogP contribution in [0.2, 0.25) is 0 Å². The molecule has 0 spiro atoms. The van der Waals surface area contributed by atoms with E-state index in [2.05, 4.69) is 18.4 Å². The van der Waals surface area contributed by atoms with Crippen LogP contribution >= 0.6 is 0 Å². The van der Waals surface area contributed by atoms with Gasteiger partial charge >= 0.3 is 0 Å². The van der Waals surface area contributed by atoms with E-state index >= 15 is 0 Å². The van der Waals surface area contributed by atoms with E-state index in [-0.39, 0.29) is 10.6 Å². The number of nitrogens with zero attached hydrogens (tertiary/aromatic N) is 2. The number of nitrogens with one attached hydrogen (secondary N) is 1. The molecule has 0 unspecified atom stereocenters. The van der Waals surface area contributed by atoms with Crippen LogP contribution in [0.15, 0.2) is 48.5 Å². The molecular formula is C22H28N3O3+. The van der Waals surface area contributed by atoms with Gasteiger partial charge in [-0.2, -0.15) is 0 Å². The fourth-order valence-corrected chi connectivity index (χ4v) is 3.94. The number of hydrogen-bond donors (Lipinski definition) is 2. The van der Waals surface area contributed by atoms with Crippen molar-refractivity contribution in [2.24, 2.45) is 0 Å². The molecule has 0 bridgehead atoms. The maximum atomic E-state index is 11.3. The summed E-state index contributed by atoms with van der Waals surface area (Å²) in [5.41, 5.74) is 4.01. The first-order valence-electron chi connectivity index (χ1n) is 9.80. The third kappa shape index (κ3) is 3.93. The van der Waals surface area contributed by atoms with Crippen molar-refractivity contribution >= 4 is 16.6 Å². The molecule has 0 radical (unpaired) electrons. The number of aliphatic hydroxyl groups excluding tert-OH is 1. The van der Waals surface area contributed by atoms with Gasteiger partial charge in [-0.15, -0.1) is 0 Å². The second kappa shape index (κ2) is 8.54. The van der Waals surface area contributed by atoms with Gasteiger partial charge in [-0.1, -0.05) is 30.3 Å². The normalized spacial score (nSPS) is 12.6. The highest BCUT2D eigenvalue weighted by atomic mass is 16.6. The van der Waals surface area contributed by atoms with Crippen molar-refractivity contribution in [3.8, 4) is 11.1 Å². The van der Waals surface area contributed by atoms with Crippen molar-refractivity contribution in [2.75, 3.05) is 19.6 Å². The zero-order chi connectivity index (χ0) is 20.3. The van der Waals surface area contributed by atoms with Crippen molar-refractivity contribution in [3.05, 3.63) is 64.3 Å². The molecule has 6 heteroatoms. The Morgan fingerprint density at radius 1 is 1.14 bits per heavy atom.